The van der Waals surface area contributed by atoms with Crippen LogP contribution in [0.1, 0.15) is 24.5 Å². The molecule has 1 aromatic carbocycles. The van der Waals surface area contributed by atoms with Crippen LogP contribution in [0.5, 0.6) is 0 Å². The molecular formula is C12H15NO3. The molecule has 1 aliphatic rings. The molecular weight excluding hydrogens is 206 g/mol. The lowest BCUT2D eigenvalue weighted by Crippen LogP contribution is -2.36. The van der Waals surface area contributed by atoms with E-state index < -0.39 is 0 Å². The van der Waals surface area contributed by atoms with Crippen LogP contribution in [0.2, 0.25) is 0 Å². The molecule has 0 saturated carbocycles. The highest BCUT2D eigenvalue weighted by atomic mass is 16.5. The van der Waals surface area contributed by atoms with Crippen molar-refractivity contribution in [2.75, 3.05) is 6.61 Å². The molecule has 1 amide bonds. The Hall–Kier alpha value is -1.39. The largest absolute Gasteiger partial charge is 0.373 e. The fourth-order valence-corrected chi connectivity index (χ4v) is 2.10. The molecule has 1 fully saturated rings. The highest BCUT2D eigenvalue weighted by molar-refractivity contribution is 5.78. The summed E-state index contributed by atoms with van der Waals surface area (Å²) in [5.41, 5.74) is 2.70. The second-order valence-corrected chi connectivity index (χ2v) is 3.93. The van der Waals surface area contributed by atoms with Crippen LogP contribution in [0.15, 0.2) is 30.3 Å². The van der Waals surface area contributed by atoms with Crippen LogP contribution in [0.4, 0.5) is 0 Å². The van der Waals surface area contributed by atoms with Gasteiger partial charge in [0.25, 0.3) is 0 Å². The first kappa shape index (κ1) is 11.1. The van der Waals surface area contributed by atoms with Crippen LogP contribution < -0.4 is 5.48 Å². The van der Waals surface area contributed by atoms with E-state index in [4.69, 9.17) is 9.94 Å². The first-order chi connectivity index (χ1) is 7.83. The fraction of sp³-hybridized carbons (Fsp3) is 0.417. The molecule has 0 bridgehead atoms. The lowest BCUT2D eigenvalue weighted by molar-refractivity contribution is -0.143. The van der Waals surface area contributed by atoms with Gasteiger partial charge in [-0.3, -0.25) is 10.0 Å². The summed E-state index contributed by atoms with van der Waals surface area (Å²) in [6.07, 6.45) is 1.34. The molecule has 4 heteroatoms. The van der Waals surface area contributed by atoms with Crippen LogP contribution in [0, 0.1) is 5.92 Å². The van der Waals surface area contributed by atoms with E-state index in [-0.39, 0.29) is 17.9 Å². The van der Waals surface area contributed by atoms with Gasteiger partial charge in [-0.2, -0.15) is 0 Å². The number of carbonyl (C=O) groups excluding carboxylic acids is 1. The van der Waals surface area contributed by atoms with Crippen LogP contribution in [-0.4, -0.2) is 17.7 Å². The minimum Gasteiger partial charge on any atom is -0.373 e. The van der Waals surface area contributed by atoms with Crippen molar-refractivity contribution in [3.8, 4) is 0 Å². The Morgan fingerprint density at radius 1 is 1.38 bits per heavy atom. The molecule has 2 atom stereocenters. The van der Waals surface area contributed by atoms with Crippen molar-refractivity contribution < 1.29 is 14.7 Å². The van der Waals surface area contributed by atoms with Gasteiger partial charge in [-0.15, -0.1) is 0 Å². The Morgan fingerprint density at radius 2 is 2.12 bits per heavy atom. The van der Waals surface area contributed by atoms with Crippen molar-refractivity contribution in [2.24, 2.45) is 5.92 Å². The maximum absolute atomic E-state index is 11.5. The fourth-order valence-electron chi connectivity index (χ4n) is 2.10. The number of benzene rings is 1. The molecule has 1 aromatic rings. The second kappa shape index (κ2) is 5.09. The minimum absolute atomic E-state index is 0.248. The van der Waals surface area contributed by atoms with Crippen molar-refractivity contribution in [3.05, 3.63) is 35.9 Å². The number of carbonyl (C=O) groups is 1. The number of hydroxylamine groups is 1. The molecule has 1 aliphatic heterocycles. The maximum atomic E-state index is 11.5. The van der Waals surface area contributed by atoms with E-state index in [9.17, 15) is 4.79 Å². The smallest absolute Gasteiger partial charge is 0.249 e. The Kier molecular flexibility index (Phi) is 3.54. The van der Waals surface area contributed by atoms with E-state index in [2.05, 4.69) is 0 Å². The van der Waals surface area contributed by atoms with Crippen LogP contribution in [-0.2, 0) is 9.53 Å². The Labute approximate surface area is 94.2 Å². The normalized spacial score (nSPS) is 25.1. The van der Waals surface area contributed by atoms with Gasteiger partial charge in [-0.25, -0.2) is 5.48 Å². The van der Waals surface area contributed by atoms with Gasteiger partial charge in [0.1, 0.15) is 0 Å². The zero-order valence-electron chi connectivity index (χ0n) is 8.93. The van der Waals surface area contributed by atoms with Gasteiger partial charge in [0.2, 0.25) is 5.91 Å². The number of ether oxygens (including phenoxy) is 1. The number of rotatable bonds is 2. The lowest BCUT2D eigenvalue weighted by atomic mass is 9.89. The number of nitrogens with one attached hydrogen (secondary N) is 1. The van der Waals surface area contributed by atoms with Gasteiger partial charge in [0.15, 0.2) is 0 Å². The van der Waals surface area contributed by atoms with Gasteiger partial charge >= 0.3 is 0 Å². The third-order valence-electron chi connectivity index (χ3n) is 2.90. The minimum atomic E-state index is -0.367. The summed E-state index contributed by atoms with van der Waals surface area (Å²) in [7, 11) is 0. The van der Waals surface area contributed by atoms with Crippen molar-refractivity contribution in [1.29, 1.82) is 0 Å². The van der Waals surface area contributed by atoms with Gasteiger partial charge in [-0.05, 0) is 18.4 Å². The summed E-state index contributed by atoms with van der Waals surface area (Å²) in [6.45, 7) is 0.661. The van der Waals surface area contributed by atoms with Crippen LogP contribution in [0.25, 0.3) is 0 Å². The van der Waals surface area contributed by atoms with Crippen LogP contribution in [0.3, 0.4) is 0 Å². The van der Waals surface area contributed by atoms with E-state index in [1.54, 1.807) is 5.48 Å². The quantitative estimate of drug-likeness (QED) is 0.590. The second-order valence-electron chi connectivity index (χ2n) is 3.93. The summed E-state index contributed by atoms with van der Waals surface area (Å²) < 4.78 is 5.63. The van der Waals surface area contributed by atoms with Crippen LogP contribution >= 0.6 is 0 Å². The molecule has 2 rings (SSSR count). The van der Waals surface area contributed by atoms with Crippen molar-refractivity contribution in [3.63, 3.8) is 0 Å². The van der Waals surface area contributed by atoms with Gasteiger partial charge < -0.3 is 4.74 Å². The first-order valence-corrected chi connectivity index (χ1v) is 5.43. The summed E-state index contributed by atoms with van der Waals surface area (Å²) in [4.78, 5) is 11.5. The molecule has 0 radical (unpaired) electrons. The molecule has 2 N–H and O–H groups in total. The zero-order chi connectivity index (χ0) is 11.4. The van der Waals surface area contributed by atoms with Crippen molar-refractivity contribution in [2.45, 2.75) is 18.9 Å². The summed E-state index contributed by atoms with van der Waals surface area (Å²) in [6, 6.07) is 9.64. The van der Waals surface area contributed by atoms with E-state index in [1.165, 1.54) is 0 Å². The number of amides is 1. The number of hydrogen-bond acceptors (Lipinski definition) is 3. The Bertz CT molecular complexity index is 353. The topological polar surface area (TPSA) is 58.6 Å². The van der Waals surface area contributed by atoms with Gasteiger partial charge in [-0.1, -0.05) is 30.3 Å². The molecule has 1 saturated heterocycles. The first-order valence-electron chi connectivity index (χ1n) is 5.43. The zero-order valence-corrected chi connectivity index (χ0v) is 8.93. The number of hydrogen-bond donors (Lipinski definition) is 2. The van der Waals surface area contributed by atoms with E-state index >= 15 is 0 Å². The molecule has 16 heavy (non-hydrogen) atoms. The SMILES string of the molecule is O=C(NO)C1CCCOC1c1ccccc1. The Balaban J connectivity index is 2.20. The lowest BCUT2D eigenvalue weighted by Gasteiger charge is -2.30. The maximum Gasteiger partial charge on any atom is 0.249 e. The van der Waals surface area contributed by atoms with E-state index in [0.29, 0.717) is 6.61 Å². The average molecular weight is 221 g/mol. The summed E-state index contributed by atoms with van der Waals surface area (Å²) in [5, 5.41) is 8.70. The summed E-state index contributed by atoms with van der Waals surface area (Å²) >= 11 is 0. The average Bonchev–Trinajstić information content (AvgIpc) is 2.39. The van der Waals surface area contributed by atoms with E-state index in [1.807, 2.05) is 30.3 Å². The molecule has 86 valence electrons. The summed E-state index contributed by atoms with van der Waals surface area (Å²) in [5.74, 6) is -0.672. The van der Waals surface area contributed by atoms with Crippen molar-refractivity contribution >= 4 is 5.91 Å². The molecule has 4 nitrogen and oxygen atoms in total. The van der Waals surface area contributed by atoms with Gasteiger partial charge in [0.05, 0.1) is 12.0 Å². The predicted octanol–water partition coefficient (Wildman–Crippen LogP) is 1.66. The monoisotopic (exact) mass is 221 g/mol. The molecule has 0 spiro atoms. The van der Waals surface area contributed by atoms with E-state index in [0.717, 1.165) is 18.4 Å². The molecule has 2 unspecified atom stereocenters. The third-order valence-corrected chi connectivity index (χ3v) is 2.90. The third kappa shape index (κ3) is 2.23. The standard InChI is InChI=1S/C12H15NO3/c14-12(13-15)10-7-4-8-16-11(10)9-5-2-1-3-6-9/h1-3,5-6,10-11,15H,4,7-8H2,(H,13,14). The molecule has 0 aliphatic carbocycles. The molecule has 0 aromatic heterocycles. The highest BCUT2D eigenvalue weighted by Gasteiger charge is 2.32. The predicted molar refractivity (Wildman–Crippen MR) is 57.8 cm³/mol. The Morgan fingerprint density at radius 3 is 2.81 bits per heavy atom. The van der Waals surface area contributed by atoms with Gasteiger partial charge in [0, 0.05) is 6.61 Å². The highest BCUT2D eigenvalue weighted by Crippen LogP contribution is 2.33. The van der Waals surface area contributed by atoms with Crippen molar-refractivity contribution in [1.82, 2.24) is 5.48 Å². The molecule has 1 heterocycles.